The second kappa shape index (κ2) is 43.8. The number of rotatable bonds is 40. The van der Waals surface area contributed by atoms with Gasteiger partial charge in [-0.3, -0.25) is 14.4 Å². The summed E-state index contributed by atoms with van der Waals surface area (Å²) in [4.78, 5) is 37.6. The second-order valence-electron chi connectivity index (χ2n) is 14.9. The molecule has 0 radical (unpaired) electrons. The fourth-order valence-corrected chi connectivity index (χ4v) is 6.08. The molecule has 1 unspecified atom stereocenters. The minimum atomic E-state index is -0.779. The van der Waals surface area contributed by atoms with Crippen LogP contribution in [0.2, 0.25) is 0 Å². The van der Waals surface area contributed by atoms with E-state index in [4.69, 9.17) is 14.2 Å². The molecule has 0 amide bonds. The van der Waals surface area contributed by atoms with Gasteiger partial charge in [0, 0.05) is 19.3 Å². The molecule has 55 heavy (non-hydrogen) atoms. The molecule has 0 heterocycles. The number of hydrogen-bond acceptors (Lipinski definition) is 6. The van der Waals surface area contributed by atoms with Crippen molar-refractivity contribution in [1.29, 1.82) is 0 Å². The zero-order valence-electron chi connectivity index (χ0n) is 35.9. The molecule has 0 saturated heterocycles. The fraction of sp³-hybridized carbons (Fsp3) is 0.735. The van der Waals surface area contributed by atoms with Crippen LogP contribution >= 0.6 is 0 Å². The molecule has 0 fully saturated rings. The van der Waals surface area contributed by atoms with Crippen LogP contribution in [-0.2, 0) is 28.6 Å². The highest BCUT2D eigenvalue weighted by atomic mass is 16.6. The van der Waals surface area contributed by atoms with Crippen LogP contribution in [0.4, 0.5) is 0 Å². The number of ether oxygens (including phenoxy) is 3. The highest BCUT2D eigenvalue weighted by molar-refractivity contribution is 5.71. The molecular weight excluding hydrogens is 685 g/mol. The molecule has 0 spiro atoms. The highest BCUT2D eigenvalue weighted by Crippen LogP contribution is 2.13. The molecule has 6 heteroatoms. The Kier molecular flexibility index (Phi) is 41.5. The van der Waals surface area contributed by atoms with E-state index in [1.165, 1.54) is 64.2 Å². The Morgan fingerprint density at radius 1 is 0.382 bits per heavy atom. The van der Waals surface area contributed by atoms with Crippen LogP contribution in [0.5, 0.6) is 0 Å². The van der Waals surface area contributed by atoms with Gasteiger partial charge in [-0.1, -0.05) is 178 Å². The van der Waals surface area contributed by atoms with Crippen molar-refractivity contribution in [1.82, 2.24) is 0 Å². The third-order valence-corrected chi connectivity index (χ3v) is 9.49. The smallest absolute Gasteiger partial charge is 0.306 e. The van der Waals surface area contributed by atoms with Crippen LogP contribution in [0.25, 0.3) is 0 Å². The summed E-state index contributed by atoms with van der Waals surface area (Å²) in [5.41, 5.74) is 0. The lowest BCUT2D eigenvalue weighted by Crippen LogP contribution is -2.30. The molecule has 316 valence electrons. The number of allylic oxidation sites excluding steroid dienone is 10. The van der Waals surface area contributed by atoms with Gasteiger partial charge in [-0.25, -0.2) is 0 Å². The first-order chi connectivity index (χ1) is 27.0. The molecule has 0 aromatic carbocycles. The van der Waals surface area contributed by atoms with Crippen molar-refractivity contribution in [3.63, 3.8) is 0 Å². The van der Waals surface area contributed by atoms with Crippen LogP contribution in [0.1, 0.15) is 213 Å². The highest BCUT2D eigenvalue weighted by Gasteiger charge is 2.19. The number of carbonyl (C=O) groups excluding carboxylic acids is 3. The van der Waals surface area contributed by atoms with E-state index in [1.54, 1.807) is 0 Å². The molecular formula is C49H84O6. The third kappa shape index (κ3) is 42.1. The van der Waals surface area contributed by atoms with Crippen molar-refractivity contribution in [2.45, 2.75) is 219 Å². The molecule has 6 nitrogen and oxygen atoms in total. The predicted molar refractivity (Wildman–Crippen MR) is 233 cm³/mol. The van der Waals surface area contributed by atoms with E-state index in [0.29, 0.717) is 19.3 Å². The quantitative estimate of drug-likeness (QED) is 0.0267. The summed E-state index contributed by atoms with van der Waals surface area (Å²) in [7, 11) is 0. The summed E-state index contributed by atoms with van der Waals surface area (Å²) in [6.07, 6.45) is 52.1. The van der Waals surface area contributed by atoms with Gasteiger partial charge < -0.3 is 14.2 Å². The summed E-state index contributed by atoms with van der Waals surface area (Å²) < 4.78 is 16.6. The molecule has 1 atom stereocenters. The Labute approximate surface area is 339 Å². The van der Waals surface area contributed by atoms with E-state index in [9.17, 15) is 14.4 Å². The maximum absolute atomic E-state index is 12.7. The van der Waals surface area contributed by atoms with E-state index in [-0.39, 0.29) is 31.1 Å². The Morgan fingerprint density at radius 2 is 0.745 bits per heavy atom. The third-order valence-electron chi connectivity index (χ3n) is 9.49. The van der Waals surface area contributed by atoms with Crippen molar-refractivity contribution in [3.8, 4) is 0 Å². The van der Waals surface area contributed by atoms with Crippen LogP contribution < -0.4 is 0 Å². The number of hydrogen-bond donors (Lipinski definition) is 0. The lowest BCUT2D eigenvalue weighted by molar-refractivity contribution is -0.167. The lowest BCUT2D eigenvalue weighted by atomic mass is 10.1. The molecule has 0 aromatic heterocycles. The van der Waals surface area contributed by atoms with Gasteiger partial charge in [-0.2, -0.15) is 0 Å². The van der Waals surface area contributed by atoms with Crippen molar-refractivity contribution >= 4 is 17.9 Å². The van der Waals surface area contributed by atoms with Crippen molar-refractivity contribution in [2.24, 2.45) is 0 Å². The van der Waals surface area contributed by atoms with E-state index < -0.39 is 6.10 Å². The van der Waals surface area contributed by atoms with Gasteiger partial charge in [-0.05, 0) is 77.0 Å². The topological polar surface area (TPSA) is 78.9 Å². The van der Waals surface area contributed by atoms with Gasteiger partial charge in [0.2, 0.25) is 0 Å². The summed E-state index contributed by atoms with van der Waals surface area (Å²) in [6.45, 7) is 6.40. The Morgan fingerprint density at radius 3 is 1.20 bits per heavy atom. The summed E-state index contributed by atoms with van der Waals surface area (Å²) in [5.74, 6) is -0.916. The van der Waals surface area contributed by atoms with Crippen LogP contribution in [0, 0.1) is 0 Å². The molecule has 0 bridgehead atoms. The number of unbranched alkanes of at least 4 members (excludes halogenated alkanes) is 19. The SMILES string of the molecule is CC/C=C\C/C=C\C/C=C\C/C=C\CCCCCCCCC(=O)OCC(COC(=O)CCCCCCCCCC)OC(=O)CCCCCCC/C=C\CCC. The Bertz CT molecular complexity index is 1020. The number of carbonyl (C=O) groups is 3. The average molecular weight is 769 g/mol. The Hall–Kier alpha value is -2.89. The average Bonchev–Trinajstić information content (AvgIpc) is 3.18. The molecule has 0 saturated carbocycles. The molecule has 0 N–H and O–H groups in total. The first-order valence-corrected chi connectivity index (χ1v) is 22.8. The second-order valence-corrected chi connectivity index (χ2v) is 14.9. The van der Waals surface area contributed by atoms with Crippen molar-refractivity contribution in [2.75, 3.05) is 13.2 Å². The zero-order chi connectivity index (χ0) is 40.1. The maximum Gasteiger partial charge on any atom is 0.306 e. The van der Waals surface area contributed by atoms with Crippen molar-refractivity contribution < 1.29 is 28.6 Å². The van der Waals surface area contributed by atoms with Gasteiger partial charge in [-0.15, -0.1) is 0 Å². The molecule has 0 aromatic rings. The van der Waals surface area contributed by atoms with Gasteiger partial charge in [0.1, 0.15) is 13.2 Å². The van der Waals surface area contributed by atoms with Gasteiger partial charge >= 0.3 is 17.9 Å². The number of esters is 3. The standard InChI is InChI=1S/C49H84O6/c1-4-7-10-13-16-19-21-22-23-24-25-26-27-28-29-31-33-36-39-42-48(51)54-45-46(44-53-47(50)41-38-35-32-18-15-12-9-6-3)55-49(52)43-40-37-34-30-20-17-14-11-8-5-2/h7,10-11,14,16,19,22-23,25-26,46H,4-6,8-9,12-13,15,17-18,20-21,24,27-45H2,1-3H3/b10-7-,14-11-,19-16-,23-22-,26-25-. The summed E-state index contributed by atoms with van der Waals surface area (Å²) in [5, 5.41) is 0. The van der Waals surface area contributed by atoms with Crippen LogP contribution in [0.3, 0.4) is 0 Å². The zero-order valence-corrected chi connectivity index (χ0v) is 35.9. The lowest BCUT2D eigenvalue weighted by Gasteiger charge is -2.18. The fourth-order valence-electron chi connectivity index (χ4n) is 6.08. The van der Waals surface area contributed by atoms with E-state index in [2.05, 4.69) is 81.5 Å². The summed E-state index contributed by atoms with van der Waals surface area (Å²) >= 11 is 0. The van der Waals surface area contributed by atoms with E-state index in [1.807, 2.05) is 0 Å². The minimum Gasteiger partial charge on any atom is -0.462 e. The van der Waals surface area contributed by atoms with Crippen LogP contribution in [-0.4, -0.2) is 37.2 Å². The van der Waals surface area contributed by atoms with E-state index >= 15 is 0 Å². The monoisotopic (exact) mass is 769 g/mol. The van der Waals surface area contributed by atoms with Gasteiger partial charge in [0.05, 0.1) is 0 Å². The molecule has 0 aliphatic rings. The first-order valence-electron chi connectivity index (χ1n) is 22.8. The summed E-state index contributed by atoms with van der Waals surface area (Å²) in [6, 6.07) is 0. The Balaban J connectivity index is 4.30. The van der Waals surface area contributed by atoms with Gasteiger partial charge in [0.15, 0.2) is 6.10 Å². The molecule has 0 aliphatic heterocycles. The normalized spacial score (nSPS) is 12.6. The van der Waals surface area contributed by atoms with Crippen LogP contribution in [0.15, 0.2) is 60.8 Å². The maximum atomic E-state index is 12.7. The molecule has 0 aliphatic carbocycles. The predicted octanol–water partition coefficient (Wildman–Crippen LogP) is 14.5. The van der Waals surface area contributed by atoms with E-state index in [0.717, 1.165) is 109 Å². The van der Waals surface area contributed by atoms with Crippen molar-refractivity contribution in [3.05, 3.63) is 60.8 Å². The first kappa shape index (κ1) is 52.1. The molecule has 0 rings (SSSR count). The largest absolute Gasteiger partial charge is 0.462 e. The van der Waals surface area contributed by atoms with Gasteiger partial charge in [0.25, 0.3) is 0 Å². The minimum absolute atomic E-state index is 0.0820.